The first-order valence-corrected chi connectivity index (χ1v) is 7.95. The second-order valence-electron chi connectivity index (χ2n) is 5.10. The van der Waals surface area contributed by atoms with Gasteiger partial charge in [0, 0.05) is 11.6 Å². The number of para-hydroxylation sites is 1. The molecule has 0 aromatic heterocycles. The molecule has 2 aromatic carbocycles. The Bertz CT molecular complexity index is 737. The fourth-order valence-corrected chi connectivity index (χ4v) is 2.24. The summed E-state index contributed by atoms with van der Waals surface area (Å²) in [6.07, 6.45) is 3.04. The van der Waals surface area contributed by atoms with E-state index in [4.69, 9.17) is 18.9 Å². The van der Waals surface area contributed by atoms with Crippen molar-refractivity contribution in [3.8, 4) is 17.2 Å². The van der Waals surface area contributed by atoms with E-state index in [1.807, 2.05) is 37.3 Å². The quantitative estimate of drug-likeness (QED) is 0.539. The molecular weight excluding hydrogens is 320 g/mol. The van der Waals surface area contributed by atoms with E-state index in [0.29, 0.717) is 18.1 Å². The van der Waals surface area contributed by atoms with Crippen LogP contribution in [-0.4, -0.2) is 26.8 Å². The molecule has 5 heteroatoms. The van der Waals surface area contributed by atoms with Gasteiger partial charge in [-0.2, -0.15) is 0 Å². The van der Waals surface area contributed by atoms with Crippen molar-refractivity contribution in [2.24, 2.45) is 0 Å². The van der Waals surface area contributed by atoms with E-state index in [2.05, 4.69) is 0 Å². The molecule has 0 saturated carbocycles. The zero-order valence-corrected chi connectivity index (χ0v) is 14.7. The van der Waals surface area contributed by atoms with Crippen LogP contribution in [0.3, 0.4) is 0 Å². The number of benzene rings is 2. The summed E-state index contributed by atoms with van der Waals surface area (Å²) in [4.78, 5) is 11.9. The molecule has 0 atom stereocenters. The van der Waals surface area contributed by atoms with Gasteiger partial charge in [0.05, 0.1) is 20.8 Å². The summed E-state index contributed by atoms with van der Waals surface area (Å²) in [6.45, 7) is 2.63. The standard InChI is InChI=1S/C20H22O5/c1-4-24-17-8-6-5-7-16(17)14-25-20(21)12-10-15-9-11-18(22-2)19(13-15)23-3/h5-13H,4,14H2,1-3H3/b12-10+. The van der Waals surface area contributed by atoms with Gasteiger partial charge in [0.2, 0.25) is 0 Å². The van der Waals surface area contributed by atoms with Gasteiger partial charge in [0.25, 0.3) is 0 Å². The van der Waals surface area contributed by atoms with Crippen molar-refractivity contribution < 1.29 is 23.7 Å². The second kappa shape index (κ2) is 9.37. The second-order valence-corrected chi connectivity index (χ2v) is 5.10. The number of rotatable bonds is 8. The maximum Gasteiger partial charge on any atom is 0.331 e. The summed E-state index contributed by atoms with van der Waals surface area (Å²) in [6, 6.07) is 12.9. The minimum Gasteiger partial charge on any atom is -0.493 e. The molecule has 0 unspecified atom stereocenters. The predicted octanol–water partition coefficient (Wildman–Crippen LogP) is 3.86. The lowest BCUT2D eigenvalue weighted by atomic mass is 10.2. The molecule has 0 aliphatic carbocycles. The van der Waals surface area contributed by atoms with Crippen LogP contribution in [0.15, 0.2) is 48.5 Å². The minimum absolute atomic E-state index is 0.158. The minimum atomic E-state index is -0.430. The predicted molar refractivity (Wildman–Crippen MR) is 96.0 cm³/mol. The highest BCUT2D eigenvalue weighted by molar-refractivity contribution is 5.87. The Hall–Kier alpha value is -2.95. The van der Waals surface area contributed by atoms with Crippen LogP contribution in [0.4, 0.5) is 0 Å². The van der Waals surface area contributed by atoms with Crippen molar-refractivity contribution in [3.63, 3.8) is 0 Å². The van der Waals surface area contributed by atoms with Gasteiger partial charge in [-0.25, -0.2) is 4.79 Å². The Morgan fingerprint density at radius 1 is 1.00 bits per heavy atom. The number of ether oxygens (including phenoxy) is 4. The summed E-state index contributed by atoms with van der Waals surface area (Å²) in [7, 11) is 3.14. The van der Waals surface area contributed by atoms with Crippen molar-refractivity contribution >= 4 is 12.0 Å². The molecule has 0 heterocycles. The molecule has 25 heavy (non-hydrogen) atoms. The van der Waals surface area contributed by atoms with Gasteiger partial charge in [-0.1, -0.05) is 24.3 Å². The molecule has 0 radical (unpaired) electrons. The Morgan fingerprint density at radius 2 is 1.76 bits per heavy atom. The first-order valence-electron chi connectivity index (χ1n) is 7.95. The van der Waals surface area contributed by atoms with Crippen molar-refractivity contribution in [1.29, 1.82) is 0 Å². The lowest BCUT2D eigenvalue weighted by Crippen LogP contribution is -2.03. The summed E-state index contributed by atoms with van der Waals surface area (Å²) in [5.41, 5.74) is 1.64. The molecule has 2 aromatic rings. The van der Waals surface area contributed by atoms with Gasteiger partial charge < -0.3 is 18.9 Å². The highest BCUT2D eigenvalue weighted by Crippen LogP contribution is 2.28. The third-order valence-corrected chi connectivity index (χ3v) is 3.46. The third-order valence-electron chi connectivity index (χ3n) is 3.46. The van der Waals surface area contributed by atoms with E-state index in [9.17, 15) is 4.79 Å². The highest BCUT2D eigenvalue weighted by atomic mass is 16.5. The molecule has 2 rings (SSSR count). The average Bonchev–Trinajstić information content (AvgIpc) is 2.65. The zero-order valence-electron chi connectivity index (χ0n) is 14.7. The molecule has 0 spiro atoms. The molecule has 132 valence electrons. The van der Waals surface area contributed by atoms with E-state index >= 15 is 0 Å². The normalized spacial score (nSPS) is 10.5. The fourth-order valence-electron chi connectivity index (χ4n) is 2.24. The van der Waals surface area contributed by atoms with Gasteiger partial charge in [-0.05, 0) is 36.8 Å². The van der Waals surface area contributed by atoms with Crippen LogP contribution in [0, 0.1) is 0 Å². The van der Waals surface area contributed by atoms with Gasteiger partial charge in [-0.15, -0.1) is 0 Å². The van der Waals surface area contributed by atoms with Gasteiger partial charge in [0.1, 0.15) is 12.4 Å². The smallest absolute Gasteiger partial charge is 0.331 e. The summed E-state index contributed by atoms with van der Waals surface area (Å²) >= 11 is 0. The summed E-state index contributed by atoms with van der Waals surface area (Å²) in [5.74, 6) is 1.53. The van der Waals surface area contributed by atoms with E-state index in [1.54, 1.807) is 32.4 Å². The molecule has 0 amide bonds. The van der Waals surface area contributed by atoms with E-state index < -0.39 is 5.97 Å². The number of esters is 1. The number of carbonyl (C=O) groups excluding carboxylic acids is 1. The lowest BCUT2D eigenvalue weighted by molar-refractivity contribution is -0.138. The molecule has 5 nitrogen and oxygen atoms in total. The van der Waals surface area contributed by atoms with Gasteiger partial charge >= 0.3 is 5.97 Å². The maximum atomic E-state index is 11.9. The number of carbonyl (C=O) groups is 1. The number of methoxy groups -OCH3 is 2. The van der Waals surface area contributed by atoms with Crippen LogP contribution < -0.4 is 14.2 Å². The van der Waals surface area contributed by atoms with Crippen LogP contribution in [0.25, 0.3) is 6.08 Å². The van der Waals surface area contributed by atoms with Gasteiger partial charge in [0.15, 0.2) is 11.5 Å². The molecule has 0 saturated heterocycles. The SMILES string of the molecule is CCOc1ccccc1COC(=O)/C=C/c1ccc(OC)c(OC)c1. The molecule has 0 fully saturated rings. The Morgan fingerprint density at radius 3 is 2.48 bits per heavy atom. The zero-order chi connectivity index (χ0) is 18.1. The summed E-state index contributed by atoms with van der Waals surface area (Å²) in [5, 5.41) is 0. The van der Waals surface area contributed by atoms with E-state index in [1.165, 1.54) is 6.08 Å². The molecular formula is C20H22O5. The molecule has 0 bridgehead atoms. The molecule has 0 aliphatic rings. The topological polar surface area (TPSA) is 54.0 Å². The third kappa shape index (κ3) is 5.28. The average molecular weight is 342 g/mol. The summed E-state index contributed by atoms with van der Waals surface area (Å²) < 4.78 is 21.2. The Balaban J connectivity index is 1.97. The van der Waals surface area contributed by atoms with Crippen LogP contribution >= 0.6 is 0 Å². The van der Waals surface area contributed by atoms with Crippen LogP contribution in [0.5, 0.6) is 17.2 Å². The lowest BCUT2D eigenvalue weighted by Gasteiger charge is -2.09. The molecule has 0 N–H and O–H groups in total. The van der Waals surface area contributed by atoms with Crippen molar-refractivity contribution in [3.05, 3.63) is 59.7 Å². The Labute approximate surface area is 147 Å². The van der Waals surface area contributed by atoms with Gasteiger partial charge in [-0.3, -0.25) is 0 Å². The number of hydrogen-bond donors (Lipinski definition) is 0. The Kier molecular flexibility index (Phi) is 6.89. The largest absolute Gasteiger partial charge is 0.493 e. The number of hydrogen-bond acceptors (Lipinski definition) is 5. The fraction of sp³-hybridized carbons (Fsp3) is 0.250. The van der Waals surface area contributed by atoms with E-state index in [-0.39, 0.29) is 6.61 Å². The highest BCUT2D eigenvalue weighted by Gasteiger charge is 2.06. The van der Waals surface area contributed by atoms with Crippen LogP contribution in [-0.2, 0) is 16.1 Å². The maximum absolute atomic E-state index is 11.9. The van der Waals surface area contributed by atoms with Crippen LogP contribution in [0.2, 0.25) is 0 Å². The van der Waals surface area contributed by atoms with Crippen LogP contribution in [0.1, 0.15) is 18.1 Å². The monoisotopic (exact) mass is 342 g/mol. The molecule has 0 aliphatic heterocycles. The van der Waals surface area contributed by atoms with E-state index in [0.717, 1.165) is 16.9 Å². The van der Waals surface area contributed by atoms with Crippen molar-refractivity contribution in [2.75, 3.05) is 20.8 Å². The van der Waals surface area contributed by atoms with Crippen molar-refractivity contribution in [1.82, 2.24) is 0 Å². The first kappa shape index (κ1) is 18.4. The first-order chi connectivity index (χ1) is 12.2. The van der Waals surface area contributed by atoms with Crippen molar-refractivity contribution in [2.45, 2.75) is 13.5 Å².